The number of likely N-dealkylation sites (tertiary alicyclic amines) is 1. The Bertz CT molecular complexity index is 512. The lowest BCUT2D eigenvalue weighted by atomic mass is 10.1. The predicted octanol–water partition coefficient (Wildman–Crippen LogP) is 0.805. The summed E-state index contributed by atoms with van der Waals surface area (Å²) >= 11 is 0. The first-order valence-corrected chi connectivity index (χ1v) is 5.98. The van der Waals surface area contributed by atoms with Gasteiger partial charge >= 0.3 is 0 Å². The van der Waals surface area contributed by atoms with Gasteiger partial charge in [0.25, 0.3) is 0 Å². The lowest BCUT2D eigenvalue weighted by Gasteiger charge is -2.20. The standard InChI is InChI=1S/C13H15N3O2/c1-13(2)9-10(13)12(18)16(11(9)17)6-7-3-4-8(14)15-5-7/h3-5,9-10H,6H2,1-2H3,(H2,14,15). The van der Waals surface area contributed by atoms with E-state index in [0.717, 1.165) is 5.56 Å². The van der Waals surface area contributed by atoms with Crippen LogP contribution in [0.4, 0.5) is 5.82 Å². The van der Waals surface area contributed by atoms with E-state index in [1.807, 2.05) is 13.8 Å². The van der Waals surface area contributed by atoms with Crippen LogP contribution in [0.3, 0.4) is 0 Å². The van der Waals surface area contributed by atoms with Crippen LogP contribution < -0.4 is 5.73 Å². The van der Waals surface area contributed by atoms with Gasteiger partial charge in [-0.25, -0.2) is 4.98 Å². The van der Waals surface area contributed by atoms with Crippen molar-refractivity contribution < 1.29 is 9.59 Å². The number of amides is 2. The number of anilines is 1. The minimum Gasteiger partial charge on any atom is -0.384 e. The molecule has 0 bridgehead atoms. The molecule has 1 aromatic rings. The Hall–Kier alpha value is -1.91. The number of nitrogens with two attached hydrogens (primary N) is 1. The van der Waals surface area contributed by atoms with Crippen LogP contribution in [0.5, 0.6) is 0 Å². The normalized spacial score (nSPS) is 28.4. The molecule has 2 unspecified atom stereocenters. The summed E-state index contributed by atoms with van der Waals surface area (Å²) in [5, 5.41) is 0. The second-order valence-electron chi connectivity index (χ2n) is 5.63. The van der Waals surface area contributed by atoms with Crippen molar-refractivity contribution >= 4 is 17.6 Å². The first-order valence-electron chi connectivity index (χ1n) is 5.98. The number of nitrogens with zero attached hydrogens (tertiary/aromatic N) is 2. The number of fused-ring (bicyclic) bond motifs is 1. The molecule has 2 heterocycles. The summed E-state index contributed by atoms with van der Waals surface area (Å²) < 4.78 is 0. The third kappa shape index (κ3) is 1.36. The van der Waals surface area contributed by atoms with Crippen molar-refractivity contribution in [1.82, 2.24) is 9.88 Å². The van der Waals surface area contributed by atoms with Crippen LogP contribution in [0.25, 0.3) is 0 Å². The largest absolute Gasteiger partial charge is 0.384 e. The van der Waals surface area contributed by atoms with Gasteiger partial charge in [0.15, 0.2) is 0 Å². The minimum absolute atomic E-state index is 0.0492. The van der Waals surface area contributed by atoms with E-state index in [-0.39, 0.29) is 29.1 Å². The quantitative estimate of drug-likeness (QED) is 0.782. The molecular formula is C13H15N3O2. The number of piperidine rings is 1. The number of rotatable bonds is 2. The van der Waals surface area contributed by atoms with Gasteiger partial charge in [0.1, 0.15) is 5.82 Å². The second-order valence-corrected chi connectivity index (χ2v) is 5.63. The number of pyridine rings is 1. The summed E-state index contributed by atoms with van der Waals surface area (Å²) in [5.41, 5.74) is 6.17. The smallest absolute Gasteiger partial charge is 0.233 e. The Labute approximate surface area is 105 Å². The fourth-order valence-electron chi connectivity index (χ4n) is 2.87. The maximum absolute atomic E-state index is 12.1. The Morgan fingerprint density at radius 3 is 2.39 bits per heavy atom. The van der Waals surface area contributed by atoms with E-state index >= 15 is 0 Å². The van der Waals surface area contributed by atoms with Gasteiger partial charge in [0, 0.05) is 6.20 Å². The molecule has 1 aliphatic carbocycles. The van der Waals surface area contributed by atoms with Gasteiger partial charge in [0.05, 0.1) is 18.4 Å². The third-order valence-corrected chi connectivity index (χ3v) is 4.08. The van der Waals surface area contributed by atoms with Crippen LogP contribution in [0.2, 0.25) is 0 Å². The van der Waals surface area contributed by atoms with Crippen molar-refractivity contribution in [3.05, 3.63) is 23.9 Å². The molecule has 1 saturated heterocycles. The van der Waals surface area contributed by atoms with Crippen molar-refractivity contribution in [3.63, 3.8) is 0 Å². The molecule has 0 radical (unpaired) electrons. The van der Waals surface area contributed by atoms with Crippen molar-refractivity contribution in [1.29, 1.82) is 0 Å². The average molecular weight is 245 g/mol. The van der Waals surface area contributed by atoms with Crippen LogP contribution in [0.15, 0.2) is 18.3 Å². The number of carbonyl (C=O) groups excluding carboxylic acids is 2. The van der Waals surface area contributed by atoms with Gasteiger partial charge in [0.2, 0.25) is 11.8 Å². The summed E-state index contributed by atoms with van der Waals surface area (Å²) in [6, 6.07) is 3.46. The number of aromatic nitrogens is 1. The fraction of sp³-hybridized carbons (Fsp3) is 0.462. The zero-order valence-electron chi connectivity index (χ0n) is 10.4. The average Bonchev–Trinajstić information content (AvgIpc) is 2.79. The molecule has 5 heteroatoms. The molecular weight excluding hydrogens is 230 g/mol. The molecule has 0 aromatic carbocycles. The van der Waals surface area contributed by atoms with Gasteiger partial charge in [-0.15, -0.1) is 0 Å². The SMILES string of the molecule is CC1(C)C2C(=O)N(Cc3ccc(N)nc3)C(=O)C21. The van der Waals surface area contributed by atoms with Gasteiger partial charge in [-0.3, -0.25) is 14.5 Å². The Kier molecular flexibility index (Phi) is 2.06. The fourth-order valence-corrected chi connectivity index (χ4v) is 2.87. The number of hydrogen-bond donors (Lipinski definition) is 1. The van der Waals surface area contributed by atoms with Crippen LogP contribution in [-0.2, 0) is 16.1 Å². The summed E-state index contributed by atoms with van der Waals surface area (Å²) in [7, 11) is 0. The first-order chi connectivity index (χ1) is 8.43. The van der Waals surface area contributed by atoms with Crippen molar-refractivity contribution in [2.24, 2.45) is 17.3 Å². The monoisotopic (exact) mass is 245 g/mol. The van der Waals surface area contributed by atoms with E-state index in [1.165, 1.54) is 4.90 Å². The number of nitrogen functional groups attached to an aromatic ring is 1. The van der Waals surface area contributed by atoms with Gasteiger partial charge in [-0.05, 0) is 17.0 Å². The number of hydrogen-bond acceptors (Lipinski definition) is 4. The minimum atomic E-state index is -0.149. The molecule has 2 N–H and O–H groups in total. The Balaban J connectivity index is 1.78. The van der Waals surface area contributed by atoms with E-state index in [1.54, 1.807) is 18.3 Å². The van der Waals surface area contributed by atoms with E-state index in [9.17, 15) is 9.59 Å². The zero-order chi connectivity index (χ0) is 13.1. The van der Waals surface area contributed by atoms with E-state index in [2.05, 4.69) is 4.98 Å². The summed E-state index contributed by atoms with van der Waals surface area (Å²) in [6.45, 7) is 4.24. The molecule has 18 heavy (non-hydrogen) atoms. The summed E-state index contributed by atoms with van der Waals surface area (Å²) in [6.07, 6.45) is 1.60. The molecule has 5 nitrogen and oxygen atoms in total. The number of carbonyl (C=O) groups is 2. The van der Waals surface area contributed by atoms with E-state index in [0.29, 0.717) is 12.4 Å². The van der Waals surface area contributed by atoms with Gasteiger partial charge in [-0.1, -0.05) is 19.9 Å². The van der Waals surface area contributed by atoms with Crippen LogP contribution in [-0.4, -0.2) is 21.7 Å². The zero-order valence-corrected chi connectivity index (χ0v) is 10.4. The lowest BCUT2D eigenvalue weighted by molar-refractivity contribution is -0.143. The molecule has 2 aliphatic rings. The summed E-state index contributed by atoms with van der Waals surface area (Å²) in [4.78, 5) is 29.5. The highest BCUT2D eigenvalue weighted by Gasteiger charge is 2.72. The highest BCUT2D eigenvalue weighted by Crippen LogP contribution is 2.63. The first kappa shape index (κ1) is 11.2. The molecule has 0 spiro atoms. The molecule has 2 fully saturated rings. The van der Waals surface area contributed by atoms with E-state index < -0.39 is 0 Å². The van der Waals surface area contributed by atoms with E-state index in [4.69, 9.17) is 5.73 Å². The molecule has 1 aliphatic heterocycles. The van der Waals surface area contributed by atoms with Crippen molar-refractivity contribution in [2.75, 3.05) is 5.73 Å². The highest BCUT2D eigenvalue weighted by molar-refractivity contribution is 6.10. The Morgan fingerprint density at radius 1 is 1.28 bits per heavy atom. The van der Waals surface area contributed by atoms with Gasteiger partial charge in [-0.2, -0.15) is 0 Å². The predicted molar refractivity (Wildman–Crippen MR) is 65.0 cm³/mol. The van der Waals surface area contributed by atoms with Gasteiger partial charge < -0.3 is 5.73 Å². The van der Waals surface area contributed by atoms with Crippen LogP contribution >= 0.6 is 0 Å². The topological polar surface area (TPSA) is 76.3 Å². The van der Waals surface area contributed by atoms with Crippen LogP contribution in [0, 0.1) is 17.3 Å². The molecule has 2 amide bonds. The van der Waals surface area contributed by atoms with Crippen molar-refractivity contribution in [3.8, 4) is 0 Å². The molecule has 1 saturated carbocycles. The third-order valence-electron chi connectivity index (χ3n) is 4.08. The summed E-state index contributed by atoms with van der Waals surface area (Å²) in [5.74, 6) is 0.0962. The van der Waals surface area contributed by atoms with Crippen molar-refractivity contribution in [2.45, 2.75) is 20.4 Å². The second kappa shape index (κ2) is 3.31. The molecule has 94 valence electrons. The highest BCUT2D eigenvalue weighted by atomic mass is 16.2. The maximum atomic E-state index is 12.1. The van der Waals surface area contributed by atoms with Crippen LogP contribution in [0.1, 0.15) is 19.4 Å². The molecule has 1 aromatic heterocycles. The maximum Gasteiger partial charge on any atom is 0.233 e. The Morgan fingerprint density at radius 2 is 1.89 bits per heavy atom. The molecule has 2 atom stereocenters. The molecule has 3 rings (SSSR count). The number of imide groups is 1. The lowest BCUT2D eigenvalue weighted by Crippen LogP contribution is -2.35.